The average molecular weight is 419 g/mol. The quantitative estimate of drug-likeness (QED) is 0.635. The monoisotopic (exact) mass is 419 g/mol. The van der Waals surface area contributed by atoms with E-state index in [-0.39, 0.29) is 24.2 Å². The van der Waals surface area contributed by atoms with Gasteiger partial charge in [-0.3, -0.25) is 9.59 Å². The van der Waals surface area contributed by atoms with Crippen molar-refractivity contribution in [2.75, 3.05) is 23.3 Å². The number of anilines is 2. The number of oxazole rings is 1. The molecule has 1 aliphatic heterocycles. The van der Waals surface area contributed by atoms with Crippen LogP contribution in [0, 0.1) is 12.8 Å². The molecule has 0 saturated carbocycles. The first kappa shape index (κ1) is 20.6. The Morgan fingerprint density at radius 1 is 1.23 bits per heavy atom. The van der Waals surface area contributed by atoms with Gasteiger partial charge in [-0.05, 0) is 44.0 Å². The summed E-state index contributed by atoms with van der Waals surface area (Å²) in [5.74, 6) is 1.27. The van der Waals surface area contributed by atoms with Crippen LogP contribution in [0.4, 0.5) is 11.5 Å². The van der Waals surface area contributed by atoms with Crippen molar-refractivity contribution >= 4 is 23.3 Å². The normalized spacial score (nSPS) is 16.2. The molecule has 2 amide bonds. The van der Waals surface area contributed by atoms with Gasteiger partial charge >= 0.3 is 0 Å². The molecule has 0 spiro atoms. The molecule has 1 unspecified atom stereocenters. The lowest BCUT2D eigenvalue weighted by molar-refractivity contribution is -0.122. The molecule has 2 aromatic heterocycles. The summed E-state index contributed by atoms with van der Waals surface area (Å²) < 4.78 is 5.72. The zero-order chi connectivity index (χ0) is 21.8. The van der Waals surface area contributed by atoms with E-state index in [0.717, 1.165) is 30.8 Å². The SMILES string of the molecule is Cc1oc(-c2ccccc2)nc1CC(=O)Nc1ccc(N2CCCC(C(N)=O)C2)nc1. The summed E-state index contributed by atoms with van der Waals surface area (Å²) in [5.41, 5.74) is 7.52. The summed E-state index contributed by atoms with van der Waals surface area (Å²) in [6, 6.07) is 13.2. The number of primary amides is 1. The van der Waals surface area contributed by atoms with Gasteiger partial charge in [0.2, 0.25) is 17.7 Å². The number of hydrogen-bond acceptors (Lipinski definition) is 6. The van der Waals surface area contributed by atoms with Crippen LogP contribution >= 0.6 is 0 Å². The molecule has 0 radical (unpaired) electrons. The number of hydrogen-bond donors (Lipinski definition) is 2. The lowest BCUT2D eigenvalue weighted by Crippen LogP contribution is -2.41. The highest BCUT2D eigenvalue weighted by Crippen LogP contribution is 2.24. The van der Waals surface area contributed by atoms with E-state index in [1.54, 1.807) is 19.2 Å². The minimum atomic E-state index is -0.271. The summed E-state index contributed by atoms with van der Waals surface area (Å²) in [4.78, 5) is 34.9. The number of benzene rings is 1. The Kier molecular flexibility index (Phi) is 5.97. The third kappa shape index (κ3) is 4.91. The van der Waals surface area contributed by atoms with E-state index >= 15 is 0 Å². The molecule has 3 heterocycles. The topological polar surface area (TPSA) is 114 Å². The van der Waals surface area contributed by atoms with E-state index in [2.05, 4.69) is 15.3 Å². The fraction of sp³-hybridized carbons (Fsp3) is 0.304. The molecule has 1 saturated heterocycles. The van der Waals surface area contributed by atoms with Gasteiger partial charge in [0.15, 0.2) is 0 Å². The number of carbonyl (C=O) groups is 2. The second-order valence-corrected chi connectivity index (χ2v) is 7.71. The standard InChI is InChI=1S/C23H25N5O3/c1-15-19(27-23(31-15)16-6-3-2-4-7-16)12-21(29)26-18-9-10-20(25-13-18)28-11-5-8-17(14-28)22(24)30/h2-4,6-7,9-10,13,17H,5,8,11-12,14H2,1H3,(H2,24,30)(H,26,29). The number of rotatable bonds is 6. The van der Waals surface area contributed by atoms with Crippen LogP contribution in [0.15, 0.2) is 53.1 Å². The van der Waals surface area contributed by atoms with Crippen LogP contribution in [-0.4, -0.2) is 34.9 Å². The smallest absolute Gasteiger partial charge is 0.230 e. The number of nitrogens with two attached hydrogens (primary N) is 1. The molecule has 31 heavy (non-hydrogen) atoms. The number of pyridine rings is 1. The molecule has 8 nitrogen and oxygen atoms in total. The Morgan fingerprint density at radius 3 is 2.74 bits per heavy atom. The van der Waals surface area contributed by atoms with Gasteiger partial charge in [0, 0.05) is 18.7 Å². The highest BCUT2D eigenvalue weighted by Gasteiger charge is 2.24. The molecule has 1 aliphatic rings. The van der Waals surface area contributed by atoms with Crippen molar-refractivity contribution in [1.82, 2.24) is 9.97 Å². The number of nitrogens with zero attached hydrogens (tertiary/aromatic N) is 3. The van der Waals surface area contributed by atoms with E-state index in [9.17, 15) is 9.59 Å². The predicted molar refractivity (Wildman–Crippen MR) is 117 cm³/mol. The molecule has 0 bridgehead atoms. The molecular formula is C23H25N5O3. The fourth-order valence-electron chi connectivity index (χ4n) is 3.72. The Morgan fingerprint density at radius 2 is 2.03 bits per heavy atom. The lowest BCUT2D eigenvalue weighted by atomic mass is 9.97. The van der Waals surface area contributed by atoms with E-state index in [1.165, 1.54) is 0 Å². The van der Waals surface area contributed by atoms with Crippen molar-refractivity contribution in [2.24, 2.45) is 11.7 Å². The van der Waals surface area contributed by atoms with E-state index in [1.807, 2.05) is 41.3 Å². The molecule has 1 atom stereocenters. The van der Waals surface area contributed by atoms with Gasteiger partial charge < -0.3 is 20.4 Å². The van der Waals surface area contributed by atoms with Crippen LogP contribution in [0.1, 0.15) is 24.3 Å². The minimum absolute atomic E-state index is 0.107. The minimum Gasteiger partial charge on any atom is -0.441 e. The van der Waals surface area contributed by atoms with E-state index < -0.39 is 0 Å². The number of aromatic nitrogens is 2. The zero-order valence-electron chi connectivity index (χ0n) is 17.4. The van der Waals surface area contributed by atoms with Crippen molar-refractivity contribution in [3.8, 4) is 11.5 Å². The van der Waals surface area contributed by atoms with Gasteiger partial charge in [-0.25, -0.2) is 9.97 Å². The van der Waals surface area contributed by atoms with Crippen LogP contribution < -0.4 is 16.0 Å². The highest BCUT2D eigenvalue weighted by atomic mass is 16.4. The maximum Gasteiger partial charge on any atom is 0.230 e. The van der Waals surface area contributed by atoms with Gasteiger partial charge in [-0.15, -0.1) is 0 Å². The Labute approximate surface area is 180 Å². The first-order valence-corrected chi connectivity index (χ1v) is 10.3. The second kappa shape index (κ2) is 8.99. The number of aryl methyl sites for hydroxylation is 1. The summed E-state index contributed by atoms with van der Waals surface area (Å²) in [5, 5.41) is 2.85. The van der Waals surface area contributed by atoms with Gasteiger partial charge in [-0.2, -0.15) is 0 Å². The van der Waals surface area contributed by atoms with Gasteiger partial charge in [0.25, 0.3) is 0 Å². The summed E-state index contributed by atoms with van der Waals surface area (Å²) >= 11 is 0. The third-order valence-electron chi connectivity index (χ3n) is 5.42. The van der Waals surface area contributed by atoms with Crippen molar-refractivity contribution in [3.63, 3.8) is 0 Å². The van der Waals surface area contributed by atoms with E-state index in [4.69, 9.17) is 10.2 Å². The largest absolute Gasteiger partial charge is 0.441 e. The molecule has 0 aliphatic carbocycles. The third-order valence-corrected chi connectivity index (χ3v) is 5.42. The molecule has 160 valence electrons. The molecule has 3 aromatic rings. The Bertz CT molecular complexity index is 1060. The summed E-state index contributed by atoms with van der Waals surface area (Å²) in [6.07, 6.45) is 3.44. The van der Waals surface area contributed by atoms with Crippen LogP contribution in [0.2, 0.25) is 0 Å². The Hall–Kier alpha value is -3.68. The molecule has 1 fully saturated rings. The number of carbonyl (C=O) groups excluding carboxylic acids is 2. The van der Waals surface area contributed by atoms with Gasteiger partial charge in [-0.1, -0.05) is 18.2 Å². The average Bonchev–Trinajstić information content (AvgIpc) is 3.15. The van der Waals surface area contributed by atoms with Crippen LogP contribution in [0.25, 0.3) is 11.5 Å². The van der Waals surface area contributed by atoms with Crippen LogP contribution in [0.5, 0.6) is 0 Å². The molecule has 3 N–H and O–H groups in total. The van der Waals surface area contributed by atoms with Crippen molar-refractivity contribution < 1.29 is 14.0 Å². The molecule has 1 aromatic carbocycles. The first-order valence-electron chi connectivity index (χ1n) is 10.3. The molecule has 4 rings (SSSR count). The van der Waals surface area contributed by atoms with Crippen molar-refractivity contribution in [1.29, 1.82) is 0 Å². The number of amides is 2. The molecule has 8 heteroatoms. The number of nitrogens with one attached hydrogen (secondary N) is 1. The summed E-state index contributed by atoms with van der Waals surface area (Å²) in [7, 11) is 0. The molecular weight excluding hydrogens is 394 g/mol. The van der Waals surface area contributed by atoms with Crippen molar-refractivity contribution in [3.05, 3.63) is 60.1 Å². The summed E-state index contributed by atoms with van der Waals surface area (Å²) in [6.45, 7) is 3.21. The maximum absolute atomic E-state index is 12.5. The van der Waals surface area contributed by atoms with Gasteiger partial charge in [0.05, 0.1) is 29.9 Å². The lowest BCUT2D eigenvalue weighted by Gasteiger charge is -2.32. The predicted octanol–water partition coefficient (Wildman–Crippen LogP) is 2.93. The Balaban J connectivity index is 1.37. The fourth-order valence-corrected chi connectivity index (χ4v) is 3.72. The van der Waals surface area contributed by atoms with Crippen LogP contribution in [-0.2, 0) is 16.0 Å². The highest BCUT2D eigenvalue weighted by molar-refractivity contribution is 5.92. The van der Waals surface area contributed by atoms with Crippen molar-refractivity contribution in [2.45, 2.75) is 26.2 Å². The van der Waals surface area contributed by atoms with Crippen LogP contribution in [0.3, 0.4) is 0 Å². The van der Waals surface area contributed by atoms with E-state index in [0.29, 0.717) is 29.6 Å². The number of piperidine rings is 1. The second-order valence-electron chi connectivity index (χ2n) is 7.71. The zero-order valence-corrected chi connectivity index (χ0v) is 17.4. The maximum atomic E-state index is 12.5. The first-order chi connectivity index (χ1) is 15.0. The van der Waals surface area contributed by atoms with Gasteiger partial charge in [0.1, 0.15) is 11.6 Å².